The number of carbonyl (C=O) groups is 3. The Bertz CT molecular complexity index is 1280. The van der Waals surface area contributed by atoms with Gasteiger partial charge in [0.05, 0.1) is 17.6 Å². The highest BCUT2D eigenvalue weighted by atomic mass is 16.5. The number of ketones is 1. The predicted octanol–water partition coefficient (Wildman–Crippen LogP) is 2.22. The second-order valence-corrected chi connectivity index (χ2v) is 6.87. The van der Waals surface area contributed by atoms with Crippen molar-refractivity contribution >= 4 is 40.0 Å². The first-order chi connectivity index (χ1) is 15.9. The Labute approximate surface area is 187 Å². The molecule has 11 heteroatoms. The van der Waals surface area contributed by atoms with E-state index in [1.54, 1.807) is 42.5 Å². The van der Waals surface area contributed by atoms with E-state index in [0.29, 0.717) is 28.2 Å². The molecule has 0 aliphatic rings. The van der Waals surface area contributed by atoms with Gasteiger partial charge in [0.15, 0.2) is 5.78 Å². The van der Waals surface area contributed by atoms with Crippen LogP contribution in [0.4, 0.5) is 11.4 Å². The first-order valence-electron chi connectivity index (χ1n) is 9.93. The molecule has 0 saturated carbocycles. The van der Waals surface area contributed by atoms with E-state index < -0.39 is 17.7 Å². The first kappa shape index (κ1) is 23.1. The van der Waals surface area contributed by atoms with Crippen LogP contribution in [0.1, 0.15) is 6.92 Å². The van der Waals surface area contributed by atoms with Gasteiger partial charge in [0.25, 0.3) is 5.91 Å². The number of anilines is 1. The van der Waals surface area contributed by atoms with Gasteiger partial charge in [-0.05, 0) is 43.3 Å². The van der Waals surface area contributed by atoms with Crippen LogP contribution in [0.5, 0.6) is 5.75 Å². The summed E-state index contributed by atoms with van der Waals surface area (Å²) >= 11 is 0. The zero-order valence-corrected chi connectivity index (χ0v) is 17.8. The number of aromatic amines is 2. The average Bonchev–Trinajstić information content (AvgIpc) is 3.16. The fraction of sp³-hybridized carbons (Fsp3) is 0.182. The van der Waals surface area contributed by atoms with Gasteiger partial charge in [0.1, 0.15) is 18.0 Å². The zero-order chi connectivity index (χ0) is 23.8. The van der Waals surface area contributed by atoms with E-state index in [1.165, 1.54) is 6.92 Å². The van der Waals surface area contributed by atoms with Crippen molar-refractivity contribution in [3.8, 4) is 5.75 Å². The molecule has 2 aromatic carbocycles. The predicted molar refractivity (Wildman–Crippen MR) is 122 cm³/mol. The number of hydrogen-bond donors (Lipinski definition) is 4. The van der Waals surface area contributed by atoms with Crippen molar-refractivity contribution in [2.45, 2.75) is 13.0 Å². The quantitative estimate of drug-likeness (QED) is 0.161. The van der Waals surface area contributed by atoms with E-state index in [1.807, 2.05) is 0 Å². The van der Waals surface area contributed by atoms with Crippen molar-refractivity contribution < 1.29 is 19.1 Å². The number of para-hydroxylation sites is 1. The van der Waals surface area contributed by atoms with E-state index in [4.69, 9.17) is 4.74 Å². The Morgan fingerprint density at radius 2 is 1.91 bits per heavy atom. The number of azo groups is 1. The molecule has 0 fully saturated rings. The summed E-state index contributed by atoms with van der Waals surface area (Å²) in [7, 11) is 0. The highest BCUT2D eigenvalue weighted by Crippen LogP contribution is 2.27. The number of ether oxygens (including phenoxy) is 1. The number of H-pyrrole nitrogens is 2. The summed E-state index contributed by atoms with van der Waals surface area (Å²) in [4.78, 5) is 52.5. The van der Waals surface area contributed by atoms with Gasteiger partial charge >= 0.3 is 5.69 Å². The number of aromatic nitrogens is 2. The number of carbonyl (C=O) groups excluding carboxylic acids is 3. The Morgan fingerprint density at radius 3 is 2.67 bits per heavy atom. The lowest BCUT2D eigenvalue weighted by molar-refractivity contribution is -0.126. The highest BCUT2D eigenvalue weighted by Gasteiger charge is 2.23. The minimum absolute atomic E-state index is 0.173. The van der Waals surface area contributed by atoms with Crippen LogP contribution in [0.15, 0.2) is 70.1 Å². The molecule has 0 aliphatic carbocycles. The average molecular weight is 450 g/mol. The Morgan fingerprint density at radius 1 is 1.15 bits per heavy atom. The number of Topliss-reactive ketones (excluding diaryl/α,β-unsaturated/α-hetero) is 1. The highest BCUT2D eigenvalue weighted by molar-refractivity contribution is 6.10. The van der Waals surface area contributed by atoms with Gasteiger partial charge < -0.3 is 25.3 Å². The van der Waals surface area contributed by atoms with Crippen molar-refractivity contribution in [3.63, 3.8) is 0 Å². The third-order valence-electron chi connectivity index (χ3n) is 4.41. The minimum Gasteiger partial charge on any atom is -0.489 e. The summed E-state index contributed by atoms with van der Waals surface area (Å²) in [5.74, 6) is -1.12. The molecule has 3 rings (SSSR count). The summed E-state index contributed by atoms with van der Waals surface area (Å²) in [5.41, 5.74) is 1.43. The standard InChI is InChI=1S/C22H22N6O5/c1-3-19(30)23-10-11-33-18-7-5-4-6-16(18)27-28-20(13(2)29)21(31)24-14-8-9-15-17(12-14)26-22(32)25-15/h3-9,12,20H,1,10-11H2,2H3,(H,23,30)(H,24,31)(H2,25,26,32). The third kappa shape index (κ3) is 6.23. The van der Waals surface area contributed by atoms with Crippen molar-refractivity contribution in [3.05, 3.63) is 65.6 Å². The van der Waals surface area contributed by atoms with Crippen LogP contribution >= 0.6 is 0 Å². The smallest absolute Gasteiger partial charge is 0.323 e. The summed E-state index contributed by atoms with van der Waals surface area (Å²) in [6.07, 6.45) is 1.16. The largest absolute Gasteiger partial charge is 0.489 e. The van der Waals surface area contributed by atoms with Crippen molar-refractivity contribution in [2.24, 2.45) is 10.2 Å². The number of nitrogens with zero attached hydrogens (tertiary/aromatic N) is 2. The maximum atomic E-state index is 12.7. The molecule has 2 amide bonds. The van der Waals surface area contributed by atoms with Gasteiger partial charge in [0, 0.05) is 5.69 Å². The molecule has 0 aliphatic heterocycles. The fourth-order valence-corrected chi connectivity index (χ4v) is 2.83. The SMILES string of the molecule is C=CC(=O)NCCOc1ccccc1N=NC(C(C)=O)C(=O)Nc1ccc2[nH]c(=O)[nH]c2c1. The van der Waals surface area contributed by atoms with Crippen LogP contribution in [0.2, 0.25) is 0 Å². The van der Waals surface area contributed by atoms with Gasteiger partial charge in [-0.2, -0.15) is 10.2 Å². The van der Waals surface area contributed by atoms with Crippen LogP contribution in [0.3, 0.4) is 0 Å². The number of rotatable bonds is 10. The number of imidazole rings is 1. The van der Waals surface area contributed by atoms with Crippen molar-refractivity contribution in [1.82, 2.24) is 15.3 Å². The van der Waals surface area contributed by atoms with Gasteiger partial charge in [-0.3, -0.25) is 14.4 Å². The van der Waals surface area contributed by atoms with E-state index in [-0.39, 0.29) is 24.7 Å². The second kappa shape index (κ2) is 10.7. The van der Waals surface area contributed by atoms with Crippen LogP contribution in [0, 0.1) is 0 Å². The molecule has 4 N–H and O–H groups in total. The van der Waals surface area contributed by atoms with E-state index in [9.17, 15) is 19.2 Å². The van der Waals surface area contributed by atoms with E-state index in [0.717, 1.165) is 6.08 Å². The number of nitrogens with one attached hydrogen (secondary N) is 4. The zero-order valence-electron chi connectivity index (χ0n) is 17.8. The van der Waals surface area contributed by atoms with Crippen LogP contribution < -0.4 is 21.1 Å². The number of fused-ring (bicyclic) bond motifs is 1. The topological polar surface area (TPSA) is 158 Å². The summed E-state index contributed by atoms with van der Waals surface area (Å²) in [6.45, 7) is 5.03. The van der Waals surface area contributed by atoms with Crippen molar-refractivity contribution in [1.29, 1.82) is 0 Å². The molecule has 0 bridgehead atoms. The summed E-state index contributed by atoms with van der Waals surface area (Å²) < 4.78 is 5.60. The molecule has 11 nitrogen and oxygen atoms in total. The first-order valence-corrected chi connectivity index (χ1v) is 9.93. The number of hydrogen-bond acceptors (Lipinski definition) is 7. The molecule has 0 spiro atoms. The van der Waals surface area contributed by atoms with Crippen molar-refractivity contribution in [2.75, 3.05) is 18.5 Å². The molecular weight excluding hydrogens is 428 g/mol. The summed E-state index contributed by atoms with van der Waals surface area (Å²) in [5, 5.41) is 13.1. The molecular formula is C22H22N6O5. The van der Waals surface area contributed by atoms with Crippen LogP contribution in [-0.4, -0.2) is 46.8 Å². The molecule has 170 valence electrons. The Hall–Kier alpha value is -4.54. The number of benzene rings is 2. The lowest BCUT2D eigenvalue weighted by atomic mass is 10.2. The molecule has 1 heterocycles. The monoisotopic (exact) mass is 450 g/mol. The molecule has 3 aromatic rings. The normalized spacial score (nSPS) is 11.8. The Balaban J connectivity index is 1.69. The van der Waals surface area contributed by atoms with Gasteiger partial charge in [0.2, 0.25) is 11.9 Å². The molecule has 1 atom stereocenters. The van der Waals surface area contributed by atoms with Crippen LogP contribution in [-0.2, 0) is 14.4 Å². The van der Waals surface area contributed by atoms with Gasteiger partial charge in [-0.1, -0.05) is 18.7 Å². The molecule has 1 aromatic heterocycles. The summed E-state index contributed by atoms with van der Waals surface area (Å²) in [6, 6.07) is 10.1. The molecule has 0 saturated heterocycles. The van der Waals surface area contributed by atoms with Gasteiger partial charge in [-0.15, -0.1) is 0 Å². The third-order valence-corrected chi connectivity index (χ3v) is 4.41. The molecule has 0 radical (unpaired) electrons. The maximum absolute atomic E-state index is 12.7. The Kier molecular flexibility index (Phi) is 7.47. The van der Waals surface area contributed by atoms with E-state index >= 15 is 0 Å². The molecule has 33 heavy (non-hydrogen) atoms. The van der Waals surface area contributed by atoms with E-state index in [2.05, 4.69) is 37.4 Å². The number of amides is 2. The maximum Gasteiger partial charge on any atom is 0.323 e. The lowest BCUT2D eigenvalue weighted by Crippen LogP contribution is -2.31. The second-order valence-electron chi connectivity index (χ2n) is 6.87. The lowest BCUT2D eigenvalue weighted by Gasteiger charge is -2.11. The molecule has 1 unspecified atom stereocenters. The van der Waals surface area contributed by atoms with Crippen LogP contribution in [0.25, 0.3) is 11.0 Å². The fourth-order valence-electron chi connectivity index (χ4n) is 2.83. The van der Waals surface area contributed by atoms with Gasteiger partial charge in [-0.25, -0.2) is 4.79 Å². The minimum atomic E-state index is -1.38.